The number of fused-ring (bicyclic) bond motifs is 1. The van der Waals surface area contributed by atoms with E-state index in [1.807, 2.05) is 58.9 Å². The number of thioether (sulfide) groups is 1. The summed E-state index contributed by atoms with van der Waals surface area (Å²) in [5.41, 5.74) is -0.0370. The zero-order chi connectivity index (χ0) is 26.5. The molecule has 0 saturated carbocycles. The molecule has 0 unspecified atom stereocenters. The van der Waals surface area contributed by atoms with Crippen LogP contribution in [-0.2, 0) is 25.6 Å². The third kappa shape index (κ3) is 7.27. The highest BCUT2D eigenvalue weighted by molar-refractivity contribution is 8.14. The Balaban J connectivity index is 1.76. The van der Waals surface area contributed by atoms with Gasteiger partial charge < -0.3 is 29.0 Å². The molecule has 10 nitrogen and oxygen atoms in total. The highest BCUT2D eigenvalue weighted by Gasteiger charge is 2.49. The Morgan fingerprint density at radius 3 is 2.53 bits per heavy atom. The molecular formula is C25H37N3O7S. The number of alkyl carbamates (subject to hydrolysis) is 1. The van der Waals surface area contributed by atoms with E-state index < -0.39 is 29.3 Å². The number of nitrogens with zero attached hydrogens (tertiary/aromatic N) is 2. The minimum Gasteiger partial charge on any atom is -0.497 e. The molecule has 1 N–H and O–H groups in total. The van der Waals surface area contributed by atoms with Gasteiger partial charge in [0, 0.05) is 19.5 Å². The standard InChI is InChI=1S/C25H37N3O7S/c1-8-26-23(29)33-14-18-15(2)20(32-13-16-9-11-17(31-7)12-10-16)19-21(34-18)36-22(27-19)28(6)24(30)35-25(3,4)5/h9-12,15,18-21H,8,13-14H2,1-7H3,(H,26,29)/t15-,18-,19-,20+,21-/m1/s1. The van der Waals surface area contributed by atoms with Crippen molar-refractivity contribution in [3.63, 3.8) is 0 Å². The summed E-state index contributed by atoms with van der Waals surface area (Å²) in [6.45, 7) is 10.2. The first-order chi connectivity index (χ1) is 17.0. The molecule has 5 atom stereocenters. The molecule has 2 aliphatic rings. The number of rotatable bonds is 7. The molecule has 0 radical (unpaired) electrons. The van der Waals surface area contributed by atoms with Gasteiger partial charge in [0.05, 0.1) is 25.9 Å². The molecule has 200 valence electrons. The van der Waals surface area contributed by atoms with Crippen molar-refractivity contribution >= 4 is 29.1 Å². The van der Waals surface area contributed by atoms with Gasteiger partial charge in [-0.15, -0.1) is 0 Å². The largest absolute Gasteiger partial charge is 0.497 e. The third-order valence-electron chi connectivity index (χ3n) is 5.77. The number of aliphatic imine (C=N–C) groups is 1. The first-order valence-corrected chi connectivity index (χ1v) is 12.9. The van der Waals surface area contributed by atoms with E-state index >= 15 is 0 Å². The zero-order valence-electron chi connectivity index (χ0n) is 22.0. The van der Waals surface area contributed by atoms with Crippen LogP contribution >= 0.6 is 11.8 Å². The molecule has 1 fully saturated rings. The Morgan fingerprint density at radius 1 is 1.22 bits per heavy atom. The highest BCUT2D eigenvalue weighted by Crippen LogP contribution is 2.41. The average Bonchev–Trinajstić information content (AvgIpc) is 3.25. The number of methoxy groups -OCH3 is 1. The van der Waals surface area contributed by atoms with Gasteiger partial charge in [0.1, 0.15) is 29.4 Å². The summed E-state index contributed by atoms with van der Waals surface area (Å²) < 4.78 is 28.8. The molecule has 1 aromatic carbocycles. The quantitative estimate of drug-likeness (QED) is 0.571. The number of amides is 2. The number of nitrogens with one attached hydrogen (secondary N) is 1. The highest BCUT2D eigenvalue weighted by atomic mass is 32.2. The van der Waals surface area contributed by atoms with Crippen LogP contribution in [0.2, 0.25) is 0 Å². The van der Waals surface area contributed by atoms with E-state index in [0.29, 0.717) is 18.3 Å². The molecule has 0 bridgehead atoms. The predicted octanol–water partition coefficient (Wildman–Crippen LogP) is 4.03. The Kier molecular flexibility index (Phi) is 9.48. The lowest BCUT2D eigenvalue weighted by atomic mass is 9.90. The summed E-state index contributed by atoms with van der Waals surface area (Å²) in [6, 6.07) is 7.32. The van der Waals surface area contributed by atoms with Crippen LogP contribution in [-0.4, -0.2) is 78.8 Å². The van der Waals surface area contributed by atoms with Crippen molar-refractivity contribution in [2.24, 2.45) is 10.9 Å². The Morgan fingerprint density at radius 2 is 1.92 bits per heavy atom. The molecule has 2 amide bonds. The van der Waals surface area contributed by atoms with Crippen LogP contribution in [0.4, 0.5) is 9.59 Å². The van der Waals surface area contributed by atoms with Crippen LogP contribution in [0.5, 0.6) is 5.75 Å². The fourth-order valence-corrected chi connectivity index (χ4v) is 5.01. The van der Waals surface area contributed by atoms with Crippen molar-refractivity contribution < 1.29 is 33.3 Å². The van der Waals surface area contributed by atoms with Crippen molar-refractivity contribution in [2.75, 3.05) is 27.3 Å². The molecule has 36 heavy (non-hydrogen) atoms. The second-order valence-electron chi connectivity index (χ2n) is 9.71. The van der Waals surface area contributed by atoms with Crippen molar-refractivity contribution in [2.45, 2.75) is 70.5 Å². The molecular weight excluding hydrogens is 486 g/mol. The molecule has 1 aromatic rings. The van der Waals surface area contributed by atoms with E-state index in [1.54, 1.807) is 14.2 Å². The van der Waals surface area contributed by atoms with Crippen LogP contribution in [0.25, 0.3) is 0 Å². The van der Waals surface area contributed by atoms with Crippen molar-refractivity contribution in [3.05, 3.63) is 29.8 Å². The molecule has 3 rings (SSSR count). The van der Waals surface area contributed by atoms with E-state index in [2.05, 4.69) is 5.32 Å². The molecule has 2 aliphatic heterocycles. The average molecular weight is 524 g/mol. The number of hydrogen-bond acceptors (Lipinski definition) is 9. The van der Waals surface area contributed by atoms with Gasteiger partial charge in [0.25, 0.3) is 0 Å². The summed E-state index contributed by atoms with van der Waals surface area (Å²) in [6.07, 6.45) is -1.71. The first-order valence-electron chi connectivity index (χ1n) is 12.0. The number of benzene rings is 1. The summed E-state index contributed by atoms with van der Waals surface area (Å²) in [7, 11) is 3.25. The normalized spacial score (nSPS) is 25.4. The Bertz CT molecular complexity index is 935. The lowest BCUT2D eigenvalue weighted by Gasteiger charge is -2.41. The molecule has 0 aliphatic carbocycles. The molecule has 11 heteroatoms. The third-order valence-corrected chi connectivity index (χ3v) is 6.98. The maximum atomic E-state index is 12.6. The Hall–Kier alpha value is -2.50. The topological polar surface area (TPSA) is 108 Å². The van der Waals surface area contributed by atoms with Gasteiger partial charge in [-0.1, -0.05) is 30.8 Å². The van der Waals surface area contributed by atoms with Gasteiger partial charge >= 0.3 is 12.2 Å². The molecule has 0 spiro atoms. The van der Waals surface area contributed by atoms with Crippen LogP contribution in [0.3, 0.4) is 0 Å². The lowest BCUT2D eigenvalue weighted by molar-refractivity contribution is -0.148. The Labute approximate surface area is 217 Å². The van der Waals surface area contributed by atoms with E-state index in [1.165, 1.54) is 16.7 Å². The van der Waals surface area contributed by atoms with Crippen LogP contribution in [0.15, 0.2) is 29.3 Å². The van der Waals surface area contributed by atoms with Gasteiger partial charge in [0.15, 0.2) is 5.17 Å². The maximum absolute atomic E-state index is 12.6. The number of hydrogen-bond donors (Lipinski definition) is 1. The van der Waals surface area contributed by atoms with E-state index in [-0.39, 0.29) is 24.7 Å². The van der Waals surface area contributed by atoms with Crippen LogP contribution in [0, 0.1) is 5.92 Å². The minimum absolute atomic E-state index is 0.0798. The predicted molar refractivity (Wildman–Crippen MR) is 137 cm³/mol. The van der Waals surface area contributed by atoms with E-state index in [0.717, 1.165) is 11.3 Å². The number of carbonyl (C=O) groups is 2. The summed E-state index contributed by atoms with van der Waals surface area (Å²) in [5.74, 6) is 0.641. The van der Waals surface area contributed by atoms with E-state index in [4.69, 9.17) is 28.7 Å². The monoisotopic (exact) mass is 523 g/mol. The van der Waals surface area contributed by atoms with E-state index in [9.17, 15) is 9.59 Å². The van der Waals surface area contributed by atoms with Gasteiger partial charge in [0.2, 0.25) is 0 Å². The fraction of sp³-hybridized carbons (Fsp3) is 0.640. The number of ether oxygens (including phenoxy) is 5. The second kappa shape index (κ2) is 12.2. The molecule has 2 heterocycles. The number of amidine groups is 1. The second-order valence-corrected chi connectivity index (χ2v) is 10.8. The van der Waals surface area contributed by atoms with Crippen molar-refractivity contribution in [1.29, 1.82) is 0 Å². The summed E-state index contributed by atoms with van der Waals surface area (Å²) >= 11 is 1.34. The SMILES string of the molecule is CCNC(=O)OC[C@H]1O[C@@H]2SC(N(C)C(=O)OC(C)(C)C)=N[C@@H]2[C@@H](OCc2ccc(OC)cc2)[C@@H]1C. The van der Waals surface area contributed by atoms with Crippen LogP contribution < -0.4 is 10.1 Å². The molecule has 0 aromatic heterocycles. The van der Waals surface area contributed by atoms with Crippen LogP contribution in [0.1, 0.15) is 40.2 Å². The zero-order valence-corrected chi connectivity index (χ0v) is 22.8. The van der Waals surface area contributed by atoms with Crippen molar-refractivity contribution in [3.8, 4) is 5.75 Å². The van der Waals surface area contributed by atoms with Crippen molar-refractivity contribution in [1.82, 2.24) is 10.2 Å². The summed E-state index contributed by atoms with van der Waals surface area (Å²) in [4.78, 5) is 30.7. The minimum atomic E-state index is -0.627. The molecule has 1 saturated heterocycles. The van der Waals surface area contributed by atoms with Gasteiger partial charge in [-0.05, 0) is 45.4 Å². The number of carbonyl (C=O) groups excluding carboxylic acids is 2. The first kappa shape index (κ1) is 28.1. The van der Waals surface area contributed by atoms with Gasteiger partial charge in [-0.25, -0.2) is 9.59 Å². The smallest absolute Gasteiger partial charge is 0.416 e. The maximum Gasteiger partial charge on any atom is 0.416 e. The fourth-order valence-electron chi connectivity index (χ4n) is 3.83. The lowest BCUT2D eigenvalue weighted by Crippen LogP contribution is -2.53. The van der Waals surface area contributed by atoms with Gasteiger partial charge in [-0.2, -0.15) is 0 Å². The summed E-state index contributed by atoms with van der Waals surface area (Å²) in [5, 5.41) is 3.12. The van der Waals surface area contributed by atoms with Gasteiger partial charge in [-0.3, -0.25) is 9.89 Å².